The van der Waals surface area contributed by atoms with Crippen molar-refractivity contribution in [1.29, 1.82) is 5.26 Å². The first-order valence-corrected chi connectivity index (χ1v) is 12.6. The molecule has 2 amide bonds. The van der Waals surface area contributed by atoms with E-state index in [9.17, 15) is 14.9 Å². The first-order valence-electron chi connectivity index (χ1n) is 11.8. The van der Waals surface area contributed by atoms with Gasteiger partial charge in [0.1, 0.15) is 11.1 Å². The average Bonchev–Trinajstić information content (AvgIpc) is 3.50. The van der Waals surface area contributed by atoms with Crippen molar-refractivity contribution >= 4 is 28.3 Å². The number of thiophene rings is 1. The Balaban J connectivity index is 1.28. The molecular formula is C26H29N5O3S. The van der Waals surface area contributed by atoms with Crippen molar-refractivity contribution in [2.75, 3.05) is 18.5 Å². The van der Waals surface area contributed by atoms with Crippen molar-refractivity contribution in [1.82, 2.24) is 14.9 Å². The fourth-order valence-corrected chi connectivity index (χ4v) is 5.64. The summed E-state index contributed by atoms with van der Waals surface area (Å²) >= 11 is 1.47. The molecule has 1 aliphatic rings. The van der Waals surface area contributed by atoms with Crippen LogP contribution in [0.25, 0.3) is 0 Å². The molecule has 3 aromatic rings. The van der Waals surface area contributed by atoms with Crippen LogP contribution in [0.5, 0.6) is 0 Å². The number of anilines is 1. The number of carbonyl (C=O) groups is 2. The van der Waals surface area contributed by atoms with Crippen molar-refractivity contribution < 1.29 is 14.3 Å². The number of hydrogen-bond donors (Lipinski definition) is 2. The normalized spacial score (nSPS) is 15.5. The minimum Gasteiger partial charge on any atom is -0.449 e. The Bertz CT molecular complexity index is 1180. The van der Waals surface area contributed by atoms with Gasteiger partial charge in [-0.2, -0.15) is 5.26 Å². The van der Waals surface area contributed by atoms with Gasteiger partial charge in [0, 0.05) is 36.8 Å². The van der Waals surface area contributed by atoms with Crippen LogP contribution in [0, 0.1) is 17.2 Å². The number of amides is 2. The highest BCUT2D eigenvalue weighted by molar-refractivity contribution is 7.16. The number of ether oxygens (including phenoxy) is 1. The average molecular weight is 492 g/mol. The summed E-state index contributed by atoms with van der Waals surface area (Å²) in [6.45, 7) is 3.45. The van der Waals surface area contributed by atoms with E-state index in [1.807, 2.05) is 48.0 Å². The van der Waals surface area contributed by atoms with E-state index < -0.39 is 6.09 Å². The minimum atomic E-state index is -0.430. The number of nitriles is 1. The van der Waals surface area contributed by atoms with E-state index in [1.54, 1.807) is 12.5 Å². The zero-order chi connectivity index (χ0) is 24.6. The highest BCUT2D eigenvalue weighted by Gasteiger charge is 2.27. The SMILES string of the molecule is CC(CC(=O)Nc1sc2c(c1C#N)CCC(COC(=O)NCCn1ccnc1)C2)c1ccccc1. The van der Waals surface area contributed by atoms with Gasteiger partial charge in [-0.3, -0.25) is 4.79 Å². The summed E-state index contributed by atoms with van der Waals surface area (Å²) in [5, 5.41) is 16.1. The standard InChI is InChI=1S/C26H29N5O3S/c1-18(20-5-3-2-4-6-20)13-24(32)30-25-22(15-27)21-8-7-19(14-23(21)35-25)16-34-26(33)29-10-12-31-11-9-28-17-31/h2-6,9,11,17-19H,7-8,10,12-14,16H2,1H3,(H,29,33)(H,30,32). The zero-order valence-electron chi connectivity index (χ0n) is 19.7. The third-order valence-electron chi connectivity index (χ3n) is 6.24. The molecule has 0 bridgehead atoms. The number of imidazole rings is 1. The second-order valence-corrected chi connectivity index (χ2v) is 9.92. The zero-order valence-corrected chi connectivity index (χ0v) is 20.5. The van der Waals surface area contributed by atoms with Gasteiger partial charge in [-0.1, -0.05) is 37.3 Å². The lowest BCUT2D eigenvalue weighted by molar-refractivity contribution is -0.116. The van der Waals surface area contributed by atoms with Crippen LogP contribution in [0.3, 0.4) is 0 Å². The van der Waals surface area contributed by atoms with Gasteiger partial charge in [0.15, 0.2) is 0 Å². The number of aromatic nitrogens is 2. The lowest BCUT2D eigenvalue weighted by Crippen LogP contribution is -2.30. The van der Waals surface area contributed by atoms with Crippen LogP contribution in [0.2, 0.25) is 0 Å². The number of nitrogens with zero attached hydrogens (tertiary/aromatic N) is 3. The molecule has 9 heteroatoms. The maximum absolute atomic E-state index is 12.7. The van der Waals surface area contributed by atoms with E-state index in [-0.39, 0.29) is 17.7 Å². The fourth-order valence-electron chi connectivity index (χ4n) is 4.31. The van der Waals surface area contributed by atoms with Crippen LogP contribution < -0.4 is 10.6 Å². The van der Waals surface area contributed by atoms with Crippen LogP contribution in [-0.4, -0.2) is 34.7 Å². The van der Waals surface area contributed by atoms with Crippen LogP contribution >= 0.6 is 11.3 Å². The molecule has 0 radical (unpaired) electrons. The Morgan fingerprint density at radius 1 is 1.34 bits per heavy atom. The van der Waals surface area contributed by atoms with E-state index >= 15 is 0 Å². The molecular weight excluding hydrogens is 462 g/mol. The summed E-state index contributed by atoms with van der Waals surface area (Å²) in [7, 11) is 0. The molecule has 0 fully saturated rings. The predicted molar refractivity (Wildman–Crippen MR) is 134 cm³/mol. The van der Waals surface area contributed by atoms with E-state index in [2.05, 4.69) is 21.7 Å². The number of carbonyl (C=O) groups excluding carboxylic acids is 2. The van der Waals surface area contributed by atoms with Crippen LogP contribution in [0.1, 0.15) is 47.3 Å². The van der Waals surface area contributed by atoms with Crippen molar-refractivity contribution in [3.63, 3.8) is 0 Å². The fraction of sp³-hybridized carbons (Fsp3) is 0.385. The summed E-state index contributed by atoms with van der Waals surface area (Å²) in [4.78, 5) is 29.8. The molecule has 4 rings (SSSR count). The number of rotatable bonds is 9. The molecule has 2 aromatic heterocycles. The Kier molecular flexibility index (Phi) is 8.16. The summed E-state index contributed by atoms with van der Waals surface area (Å²) in [6.07, 6.45) is 7.45. The molecule has 182 valence electrons. The molecule has 0 aliphatic heterocycles. The van der Waals surface area contributed by atoms with Crippen LogP contribution in [-0.2, 0) is 28.9 Å². The van der Waals surface area contributed by atoms with Crippen molar-refractivity contribution in [3.8, 4) is 6.07 Å². The molecule has 1 aliphatic carbocycles. The minimum absolute atomic E-state index is 0.0870. The van der Waals surface area contributed by atoms with Gasteiger partial charge < -0.3 is 19.9 Å². The first kappa shape index (κ1) is 24.5. The number of benzene rings is 1. The molecule has 35 heavy (non-hydrogen) atoms. The highest BCUT2D eigenvalue weighted by Crippen LogP contribution is 2.39. The second-order valence-electron chi connectivity index (χ2n) is 8.82. The molecule has 0 spiro atoms. The molecule has 0 saturated carbocycles. The van der Waals surface area contributed by atoms with Gasteiger partial charge in [-0.15, -0.1) is 11.3 Å². The molecule has 2 N–H and O–H groups in total. The summed E-state index contributed by atoms with van der Waals surface area (Å²) in [6, 6.07) is 12.2. The summed E-state index contributed by atoms with van der Waals surface area (Å²) < 4.78 is 7.30. The summed E-state index contributed by atoms with van der Waals surface area (Å²) in [5.41, 5.74) is 2.70. The van der Waals surface area contributed by atoms with Crippen molar-refractivity contribution in [2.24, 2.45) is 5.92 Å². The number of fused-ring (bicyclic) bond motifs is 1. The second kappa shape index (κ2) is 11.7. The van der Waals surface area contributed by atoms with E-state index in [0.29, 0.717) is 36.7 Å². The lowest BCUT2D eigenvalue weighted by Gasteiger charge is -2.21. The lowest BCUT2D eigenvalue weighted by atomic mass is 9.88. The van der Waals surface area contributed by atoms with Gasteiger partial charge in [0.05, 0.1) is 18.5 Å². The Morgan fingerprint density at radius 2 is 2.17 bits per heavy atom. The molecule has 2 heterocycles. The Morgan fingerprint density at radius 3 is 2.91 bits per heavy atom. The van der Waals surface area contributed by atoms with Gasteiger partial charge in [0.25, 0.3) is 0 Å². The van der Waals surface area contributed by atoms with E-state index in [1.165, 1.54) is 11.3 Å². The van der Waals surface area contributed by atoms with Crippen molar-refractivity contribution in [3.05, 3.63) is 70.6 Å². The smallest absolute Gasteiger partial charge is 0.407 e. The van der Waals surface area contributed by atoms with Crippen LogP contribution in [0.4, 0.5) is 9.80 Å². The molecule has 1 aromatic carbocycles. The summed E-state index contributed by atoms with van der Waals surface area (Å²) in [5.74, 6) is 0.182. The predicted octanol–water partition coefficient (Wildman–Crippen LogP) is 4.48. The van der Waals surface area contributed by atoms with Crippen LogP contribution in [0.15, 0.2) is 49.1 Å². The molecule has 0 saturated heterocycles. The highest BCUT2D eigenvalue weighted by atomic mass is 32.1. The Labute approximate surface area is 208 Å². The quantitative estimate of drug-likeness (QED) is 0.459. The van der Waals surface area contributed by atoms with Gasteiger partial charge >= 0.3 is 6.09 Å². The number of hydrogen-bond acceptors (Lipinski definition) is 6. The van der Waals surface area contributed by atoms with Gasteiger partial charge in [0.2, 0.25) is 5.91 Å². The van der Waals surface area contributed by atoms with Gasteiger partial charge in [-0.25, -0.2) is 9.78 Å². The number of nitrogens with one attached hydrogen (secondary N) is 2. The van der Waals surface area contributed by atoms with E-state index in [0.717, 1.165) is 35.3 Å². The van der Waals surface area contributed by atoms with E-state index in [4.69, 9.17) is 4.74 Å². The first-order chi connectivity index (χ1) is 17.0. The maximum atomic E-state index is 12.7. The molecule has 8 nitrogen and oxygen atoms in total. The van der Waals surface area contributed by atoms with Crippen molar-refractivity contribution in [2.45, 2.75) is 45.1 Å². The monoisotopic (exact) mass is 491 g/mol. The molecule has 2 unspecified atom stereocenters. The largest absolute Gasteiger partial charge is 0.449 e. The Hall–Kier alpha value is -3.64. The third kappa shape index (κ3) is 6.49. The van der Waals surface area contributed by atoms with Gasteiger partial charge in [-0.05, 0) is 42.2 Å². The third-order valence-corrected chi connectivity index (χ3v) is 7.41. The molecule has 2 atom stereocenters. The number of alkyl carbamates (subject to hydrolysis) is 1. The topological polar surface area (TPSA) is 109 Å². The maximum Gasteiger partial charge on any atom is 0.407 e.